The first-order chi connectivity index (χ1) is 9.81. The van der Waals surface area contributed by atoms with E-state index in [2.05, 4.69) is 56.5 Å². The first-order valence-corrected chi connectivity index (χ1v) is 11.8. The van der Waals surface area contributed by atoms with E-state index >= 15 is 0 Å². The maximum Gasteiger partial charge on any atom is 0.412 e. The lowest BCUT2D eigenvalue weighted by atomic mass is 9.79. The number of ether oxygens (including phenoxy) is 1. The fourth-order valence-electron chi connectivity index (χ4n) is 2.72. The predicted octanol–water partition coefficient (Wildman–Crippen LogP) is 4.69. The van der Waals surface area contributed by atoms with Gasteiger partial charge in [0, 0.05) is 17.4 Å². The number of likely N-dealkylation sites (tertiary alicyclic amines) is 1. The van der Waals surface area contributed by atoms with Crippen molar-refractivity contribution in [1.82, 2.24) is 4.90 Å². The van der Waals surface area contributed by atoms with E-state index in [0.717, 1.165) is 10.8 Å². The van der Waals surface area contributed by atoms with Gasteiger partial charge in [-0.05, 0) is 45.2 Å². The molecule has 0 aromatic carbocycles. The Morgan fingerprint density at radius 2 is 1.82 bits per heavy atom. The summed E-state index contributed by atoms with van der Waals surface area (Å²) in [5.74, 6) is 0.413. The number of hydrogen-bond acceptors (Lipinski definition) is 3. The topological polar surface area (TPSA) is 38.8 Å². The molecule has 1 fully saturated rings. The minimum Gasteiger partial charge on any atom is -0.444 e. The zero-order valence-corrected chi connectivity index (χ0v) is 18.4. The Hall–Kier alpha value is 0.177. The number of hydrogen-bond donors (Lipinski definition) is 0. The molecule has 0 spiro atoms. The molecule has 1 rings (SSSR count). The number of rotatable bonds is 3. The number of amides is 1. The molecule has 2 atom stereocenters. The van der Waals surface area contributed by atoms with Crippen LogP contribution in [0.5, 0.6) is 0 Å². The van der Waals surface area contributed by atoms with E-state index in [4.69, 9.17) is 9.16 Å². The average molecular weight is 440 g/mol. The highest BCUT2D eigenvalue weighted by molar-refractivity contribution is 14.1. The molecule has 0 aromatic heterocycles. The molecule has 0 unspecified atom stereocenters. The lowest BCUT2D eigenvalue weighted by molar-refractivity contribution is -0.0517. The van der Waals surface area contributed by atoms with E-state index in [1.54, 1.807) is 0 Å². The van der Waals surface area contributed by atoms with Gasteiger partial charge in [0.05, 0.1) is 0 Å². The third-order valence-corrected chi connectivity index (χ3v) is 5.88. The Bertz CT molecular complexity index is 403. The van der Waals surface area contributed by atoms with Gasteiger partial charge in [-0.25, -0.2) is 4.79 Å². The van der Waals surface area contributed by atoms with Crippen LogP contribution in [0, 0.1) is 11.3 Å². The molecule has 1 saturated heterocycles. The smallest absolute Gasteiger partial charge is 0.412 e. The van der Waals surface area contributed by atoms with E-state index in [1.165, 1.54) is 0 Å². The summed E-state index contributed by atoms with van der Waals surface area (Å²) in [6, 6.07) is 0. The Morgan fingerprint density at radius 3 is 2.18 bits per heavy atom. The lowest BCUT2D eigenvalue weighted by Crippen LogP contribution is -2.53. The quantitative estimate of drug-likeness (QED) is 0.363. The van der Waals surface area contributed by atoms with Crippen LogP contribution in [0.3, 0.4) is 0 Å². The Kier molecular flexibility index (Phi) is 6.40. The van der Waals surface area contributed by atoms with E-state index in [-0.39, 0.29) is 11.5 Å². The maximum atomic E-state index is 12.7. The van der Waals surface area contributed by atoms with Crippen molar-refractivity contribution in [3.8, 4) is 0 Å². The molecular weight excluding hydrogens is 409 g/mol. The Morgan fingerprint density at radius 1 is 1.27 bits per heavy atom. The molecular formula is C16H31INO3Si. The third-order valence-electron chi connectivity index (χ3n) is 3.90. The predicted molar refractivity (Wildman–Crippen MR) is 101 cm³/mol. The average Bonchev–Trinajstić information content (AvgIpc) is 2.65. The summed E-state index contributed by atoms with van der Waals surface area (Å²) in [5.41, 5.74) is -0.857. The molecule has 1 radical (unpaired) electrons. The molecule has 0 aliphatic carbocycles. The van der Waals surface area contributed by atoms with Gasteiger partial charge < -0.3 is 9.16 Å². The number of halogens is 1. The fourth-order valence-corrected chi connectivity index (χ4v) is 4.91. The molecule has 1 aliphatic heterocycles. The van der Waals surface area contributed by atoms with Crippen molar-refractivity contribution in [1.29, 1.82) is 0 Å². The Balaban J connectivity index is 3.09. The molecule has 1 heterocycles. The number of alkyl halides is 1. The van der Waals surface area contributed by atoms with Crippen molar-refractivity contribution in [2.75, 3.05) is 11.0 Å². The molecule has 1 aliphatic rings. The van der Waals surface area contributed by atoms with E-state index in [9.17, 15) is 4.79 Å². The number of nitrogens with zero attached hydrogens (tertiary/aromatic N) is 1. The van der Waals surface area contributed by atoms with Crippen LogP contribution in [-0.4, -0.2) is 42.3 Å². The first-order valence-electron chi connectivity index (χ1n) is 7.86. The normalized spacial score (nSPS) is 26.6. The van der Waals surface area contributed by atoms with Gasteiger partial charge in [0.2, 0.25) is 9.04 Å². The van der Waals surface area contributed by atoms with Gasteiger partial charge >= 0.3 is 6.09 Å². The van der Waals surface area contributed by atoms with Crippen molar-refractivity contribution in [2.24, 2.45) is 11.3 Å². The summed E-state index contributed by atoms with van der Waals surface area (Å²) in [5, 5.41) is 0. The van der Waals surface area contributed by atoms with Gasteiger partial charge in [0.15, 0.2) is 0 Å². The molecule has 0 bridgehead atoms. The van der Waals surface area contributed by atoms with Gasteiger partial charge in [0.1, 0.15) is 11.3 Å². The van der Waals surface area contributed by atoms with Gasteiger partial charge in [0.25, 0.3) is 0 Å². The van der Waals surface area contributed by atoms with Crippen LogP contribution >= 0.6 is 22.6 Å². The van der Waals surface area contributed by atoms with Crippen molar-refractivity contribution < 1.29 is 14.0 Å². The van der Waals surface area contributed by atoms with Crippen LogP contribution in [0.1, 0.15) is 48.0 Å². The second-order valence-corrected chi connectivity index (χ2v) is 11.2. The number of carbonyl (C=O) groups is 1. The van der Waals surface area contributed by atoms with Gasteiger partial charge in [-0.1, -0.05) is 43.4 Å². The third kappa shape index (κ3) is 5.09. The highest BCUT2D eigenvalue weighted by atomic mass is 127. The summed E-state index contributed by atoms with van der Waals surface area (Å²) in [6.45, 7) is 17.4. The summed E-state index contributed by atoms with van der Waals surface area (Å²) in [4.78, 5) is 14.6. The first kappa shape index (κ1) is 20.2. The van der Waals surface area contributed by atoms with Gasteiger partial charge in [-0.3, -0.25) is 4.90 Å². The summed E-state index contributed by atoms with van der Waals surface area (Å²) in [7, 11) is -0.918. The SMILES string of the molecule is C[Si](C)O[C@]1(CI)C[C@H](C(C)(C)C)CN1C(=O)OC(C)(C)C. The molecule has 1 amide bonds. The monoisotopic (exact) mass is 440 g/mol. The van der Waals surface area contributed by atoms with E-state index in [1.807, 2.05) is 25.7 Å². The van der Waals surface area contributed by atoms with Crippen molar-refractivity contribution in [3.63, 3.8) is 0 Å². The zero-order chi connectivity index (χ0) is 17.3. The molecule has 0 aromatic rings. The second kappa shape index (κ2) is 6.97. The molecule has 0 saturated carbocycles. The molecule has 0 N–H and O–H groups in total. The number of carbonyl (C=O) groups excluding carboxylic acids is 1. The van der Waals surface area contributed by atoms with Crippen molar-refractivity contribution in [2.45, 2.75) is 72.4 Å². The molecule has 6 heteroatoms. The minimum atomic E-state index is -0.918. The van der Waals surface area contributed by atoms with E-state index < -0.39 is 20.4 Å². The molecule has 4 nitrogen and oxygen atoms in total. The van der Waals surface area contributed by atoms with Crippen LogP contribution in [0.4, 0.5) is 4.79 Å². The highest BCUT2D eigenvalue weighted by Gasteiger charge is 2.52. The van der Waals surface area contributed by atoms with Crippen LogP contribution in [0.15, 0.2) is 0 Å². The van der Waals surface area contributed by atoms with Crippen LogP contribution in [0.25, 0.3) is 0 Å². The van der Waals surface area contributed by atoms with Crippen molar-refractivity contribution >= 4 is 37.7 Å². The molecule has 22 heavy (non-hydrogen) atoms. The van der Waals surface area contributed by atoms with Gasteiger partial charge in [-0.15, -0.1) is 0 Å². The largest absolute Gasteiger partial charge is 0.444 e. The fraction of sp³-hybridized carbons (Fsp3) is 0.938. The van der Waals surface area contributed by atoms with Crippen LogP contribution in [-0.2, 0) is 9.16 Å². The summed E-state index contributed by atoms with van der Waals surface area (Å²) < 4.78 is 12.7. The van der Waals surface area contributed by atoms with Crippen LogP contribution in [0.2, 0.25) is 13.1 Å². The van der Waals surface area contributed by atoms with Crippen LogP contribution < -0.4 is 0 Å². The molecule has 129 valence electrons. The van der Waals surface area contributed by atoms with Crippen molar-refractivity contribution in [3.05, 3.63) is 0 Å². The standard InChI is InChI=1S/C16H31INO3Si/c1-14(2,3)12-9-16(11-17,21-22(7)8)18(10-12)13(19)20-15(4,5)6/h12H,9-11H2,1-8H3/t12-,16-/m0/s1. The Labute approximate surface area is 151 Å². The minimum absolute atomic E-state index is 0.144. The van der Waals surface area contributed by atoms with E-state index in [0.29, 0.717) is 12.5 Å². The maximum absolute atomic E-state index is 12.7. The van der Waals surface area contributed by atoms with Gasteiger partial charge in [-0.2, -0.15) is 0 Å². The summed E-state index contributed by atoms with van der Waals surface area (Å²) in [6.07, 6.45) is 0.633. The highest BCUT2D eigenvalue weighted by Crippen LogP contribution is 2.44. The lowest BCUT2D eigenvalue weighted by Gasteiger charge is -2.39. The second-order valence-electron chi connectivity index (χ2n) is 8.45. The summed E-state index contributed by atoms with van der Waals surface area (Å²) >= 11 is 2.34. The zero-order valence-electron chi connectivity index (χ0n) is 15.2.